The Morgan fingerprint density at radius 2 is 1.90 bits per heavy atom. The van der Waals surface area contributed by atoms with Gasteiger partial charge in [-0.1, -0.05) is 36.4 Å². The predicted molar refractivity (Wildman–Crippen MR) is 118 cm³/mol. The summed E-state index contributed by atoms with van der Waals surface area (Å²) in [7, 11) is 3.20. The van der Waals surface area contributed by atoms with Crippen molar-refractivity contribution in [3.05, 3.63) is 59.7 Å². The Morgan fingerprint density at radius 3 is 2.63 bits per heavy atom. The normalized spacial score (nSPS) is 18.4. The molecule has 1 saturated heterocycles. The van der Waals surface area contributed by atoms with Crippen molar-refractivity contribution in [3.8, 4) is 11.5 Å². The third-order valence-corrected chi connectivity index (χ3v) is 5.82. The summed E-state index contributed by atoms with van der Waals surface area (Å²) in [4.78, 5) is 24.3. The summed E-state index contributed by atoms with van der Waals surface area (Å²) in [5.41, 5.74) is 1.82. The number of rotatable bonds is 9. The lowest BCUT2D eigenvalue weighted by atomic mass is 10.0. The molecule has 0 aliphatic carbocycles. The fourth-order valence-electron chi connectivity index (χ4n) is 3.26. The van der Waals surface area contributed by atoms with E-state index in [4.69, 9.17) is 9.47 Å². The Labute approximate surface area is 180 Å². The molecule has 1 heterocycles. The van der Waals surface area contributed by atoms with Crippen LogP contribution in [0.3, 0.4) is 0 Å². The second kappa shape index (κ2) is 10.9. The molecule has 2 amide bonds. The molecule has 2 aromatic rings. The molecular weight excluding hydrogens is 402 g/mol. The van der Waals surface area contributed by atoms with E-state index < -0.39 is 0 Å². The molecule has 1 fully saturated rings. The van der Waals surface area contributed by atoms with Crippen molar-refractivity contribution in [1.82, 2.24) is 16.0 Å². The Balaban J connectivity index is 1.42. The van der Waals surface area contributed by atoms with Gasteiger partial charge in [-0.3, -0.25) is 14.9 Å². The first kappa shape index (κ1) is 22.0. The van der Waals surface area contributed by atoms with Crippen LogP contribution in [-0.4, -0.2) is 43.8 Å². The number of amides is 2. The van der Waals surface area contributed by atoms with E-state index in [1.165, 1.54) is 11.8 Å². The molecule has 30 heavy (non-hydrogen) atoms. The smallest absolute Gasteiger partial charge is 0.230 e. The molecule has 0 bridgehead atoms. The van der Waals surface area contributed by atoms with Gasteiger partial charge in [-0.25, -0.2) is 0 Å². The van der Waals surface area contributed by atoms with Gasteiger partial charge in [0.2, 0.25) is 11.8 Å². The lowest BCUT2D eigenvalue weighted by Gasteiger charge is -2.31. The Kier molecular flexibility index (Phi) is 7.98. The highest BCUT2D eigenvalue weighted by Gasteiger charge is 2.27. The van der Waals surface area contributed by atoms with Crippen LogP contribution in [0.25, 0.3) is 0 Å². The van der Waals surface area contributed by atoms with Gasteiger partial charge < -0.3 is 20.1 Å². The molecule has 2 aromatic carbocycles. The number of hydrogen-bond acceptors (Lipinski definition) is 6. The SMILES string of the molecule is COc1ccc(CCNC(=O)CSC2NC(=O)CC(c3ccccc3)N2)cc1OC. The zero-order valence-electron chi connectivity index (χ0n) is 17.1. The number of benzene rings is 2. The summed E-state index contributed by atoms with van der Waals surface area (Å²) in [5.74, 6) is 1.51. The number of carbonyl (C=O) groups is 2. The van der Waals surface area contributed by atoms with E-state index in [1.807, 2.05) is 48.5 Å². The largest absolute Gasteiger partial charge is 0.493 e. The number of carbonyl (C=O) groups excluding carboxylic acids is 2. The summed E-state index contributed by atoms with van der Waals surface area (Å²) < 4.78 is 10.5. The summed E-state index contributed by atoms with van der Waals surface area (Å²) in [6, 6.07) is 15.5. The van der Waals surface area contributed by atoms with Gasteiger partial charge in [-0.05, 0) is 29.7 Å². The standard InChI is InChI=1S/C22H27N3O4S/c1-28-18-9-8-15(12-19(18)29-2)10-11-23-21(27)14-30-22-24-17(13-20(26)25-22)16-6-4-3-5-7-16/h3-9,12,17,22,24H,10-11,13-14H2,1-2H3,(H,23,27)(H,25,26). The van der Waals surface area contributed by atoms with E-state index in [0.717, 1.165) is 11.1 Å². The minimum absolute atomic E-state index is 0.0195. The third-order valence-electron chi connectivity index (χ3n) is 4.80. The van der Waals surface area contributed by atoms with Crippen LogP contribution < -0.4 is 25.4 Å². The Bertz CT molecular complexity index is 863. The van der Waals surface area contributed by atoms with Gasteiger partial charge in [-0.15, -0.1) is 11.8 Å². The highest BCUT2D eigenvalue weighted by molar-refractivity contribution is 8.00. The first-order chi connectivity index (χ1) is 14.6. The predicted octanol–water partition coefficient (Wildman–Crippen LogP) is 2.23. The van der Waals surface area contributed by atoms with E-state index in [0.29, 0.717) is 30.9 Å². The molecule has 0 saturated carbocycles. The molecule has 0 spiro atoms. The highest BCUT2D eigenvalue weighted by atomic mass is 32.2. The molecule has 0 radical (unpaired) electrons. The molecule has 1 aliphatic heterocycles. The minimum atomic E-state index is -0.298. The number of thioether (sulfide) groups is 1. The Morgan fingerprint density at radius 1 is 1.13 bits per heavy atom. The van der Waals surface area contributed by atoms with Crippen molar-refractivity contribution in [3.63, 3.8) is 0 Å². The van der Waals surface area contributed by atoms with Crippen LogP contribution >= 0.6 is 11.8 Å². The quantitative estimate of drug-likeness (QED) is 0.567. The molecule has 3 rings (SSSR count). The second-order valence-corrected chi connectivity index (χ2v) is 7.98. The number of nitrogens with one attached hydrogen (secondary N) is 3. The third kappa shape index (κ3) is 6.14. The molecule has 7 nitrogen and oxygen atoms in total. The Hall–Kier alpha value is -2.71. The van der Waals surface area contributed by atoms with Crippen molar-refractivity contribution in [2.24, 2.45) is 0 Å². The first-order valence-corrected chi connectivity index (χ1v) is 10.8. The topological polar surface area (TPSA) is 88.7 Å². The highest BCUT2D eigenvalue weighted by Crippen LogP contribution is 2.27. The number of ether oxygens (including phenoxy) is 2. The van der Waals surface area contributed by atoms with Gasteiger partial charge in [0.15, 0.2) is 11.5 Å². The molecule has 2 atom stereocenters. The van der Waals surface area contributed by atoms with Crippen molar-refractivity contribution >= 4 is 23.6 Å². The second-order valence-electron chi connectivity index (χ2n) is 6.88. The van der Waals surface area contributed by atoms with Crippen LogP contribution in [-0.2, 0) is 16.0 Å². The molecule has 0 aromatic heterocycles. The van der Waals surface area contributed by atoms with Crippen LogP contribution in [0.5, 0.6) is 11.5 Å². The van der Waals surface area contributed by atoms with Gasteiger partial charge in [-0.2, -0.15) is 0 Å². The van der Waals surface area contributed by atoms with Gasteiger partial charge in [0.1, 0.15) is 5.50 Å². The number of methoxy groups -OCH3 is 2. The average molecular weight is 430 g/mol. The van der Waals surface area contributed by atoms with Crippen molar-refractivity contribution < 1.29 is 19.1 Å². The van der Waals surface area contributed by atoms with E-state index in [9.17, 15) is 9.59 Å². The van der Waals surface area contributed by atoms with E-state index in [1.54, 1.807) is 14.2 Å². The molecule has 1 aliphatic rings. The van der Waals surface area contributed by atoms with Crippen LogP contribution in [0.1, 0.15) is 23.6 Å². The maximum atomic E-state index is 12.2. The zero-order chi connectivity index (χ0) is 21.3. The summed E-state index contributed by atoms with van der Waals surface area (Å²) in [5, 5.41) is 9.19. The van der Waals surface area contributed by atoms with Crippen LogP contribution in [0, 0.1) is 0 Å². The maximum Gasteiger partial charge on any atom is 0.230 e. The van der Waals surface area contributed by atoms with Crippen LogP contribution in [0.15, 0.2) is 48.5 Å². The summed E-state index contributed by atoms with van der Waals surface area (Å²) >= 11 is 1.37. The molecule has 8 heteroatoms. The molecular formula is C22H27N3O4S. The van der Waals surface area contributed by atoms with Crippen molar-refractivity contribution in [2.75, 3.05) is 26.5 Å². The summed E-state index contributed by atoms with van der Waals surface area (Å²) in [6.07, 6.45) is 1.07. The average Bonchev–Trinajstić information content (AvgIpc) is 2.77. The fraction of sp³-hybridized carbons (Fsp3) is 0.364. The van der Waals surface area contributed by atoms with E-state index >= 15 is 0 Å². The molecule has 160 valence electrons. The lowest BCUT2D eigenvalue weighted by molar-refractivity contribution is -0.123. The minimum Gasteiger partial charge on any atom is -0.493 e. The van der Waals surface area contributed by atoms with Gasteiger partial charge >= 0.3 is 0 Å². The number of hydrogen-bond donors (Lipinski definition) is 3. The van der Waals surface area contributed by atoms with E-state index in [2.05, 4.69) is 16.0 Å². The van der Waals surface area contributed by atoms with Gasteiger partial charge in [0.25, 0.3) is 0 Å². The fourth-order valence-corrected chi connectivity index (χ4v) is 4.15. The lowest BCUT2D eigenvalue weighted by Crippen LogP contribution is -2.51. The van der Waals surface area contributed by atoms with E-state index in [-0.39, 0.29) is 29.1 Å². The summed E-state index contributed by atoms with van der Waals surface area (Å²) in [6.45, 7) is 0.520. The van der Waals surface area contributed by atoms with Gasteiger partial charge in [0.05, 0.1) is 20.0 Å². The zero-order valence-corrected chi connectivity index (χ0v) is 18.0. The van der Waals surface area contributed by atoms with Crippen molar-refractivity contribution in [2.45, 2.75) is 24.4 Å². The van der Waals surface area contributed by atoms with Crippen LogP contribution in [0.4, 0.5) is 0 Å². The molecule has 3 N–H and O–H groups in total. The first-order valence-electron chi connectivity index (χ1n) is 9.78. The molecule has 2 unspecified atom stereocenters. The van der Waals surface area contributed by atoms with Crippen LogP contribution in [0.2, 0.25) is 0 Å². The van der Waals surface area contributed by atoms with Gasteiger partial charge in [0, 0.05) is 19.0 Å². The van der Waals surface area contributed by atoms with Crippen molar-refractivity contribution in [1.29, 1.82) is 0 Å². The maximum absolute atomic E-state index is 12.2. The monoisotopic (exact) mass is 429 g/mol.